The van der Waals surface area contributed by atoms with Crippen molar-refractivity contribution >= 4 is 5.91 Å². The molecule has 0 aromatic heterocycles. The first-order chi connectivity index (χ1) is 7.11. The summed E-state index contributed by atoms with van der Waals surface area (Å²) in [5.41, 5.74) is 0. The summed E-state index contributed by atoms with van der Waals surface area (Å²) in [6.07, 6.45) is -1.24. The largest absolute Gasteiger partial charge is 0.389 e. The summed E-state index contributed by atoms with van der Waals surface area (Å²) in [5, 5.41) is 11.9. The predicted molar refractivity (Wildman–Crippen MR) is 52.9 cm³/mol. The van der Waals surface area contributed by atoms with E-state index in [-0.39, 0.29) is 19.9 Å². The molecular weight excluding hydrogens is 200 g/mol. The van der Waals surface area contributed by atoms with E-state index in [0.717, 1.165) is 0 Å². The molecule has 0 aromatic rings. The van der Waals surface area contributed by atoms with Crippen LogP contribution in [0.3, 0.4) is 0 Å². The van der Waals surface area contributed by atoms with E-state index in [1.807, 2.05) is 0 Å². The van der Waals surface area contributed by atoms with Crippen LogP contribution in [-0.4, -0.2) is 50.2 Å². The van der Waals surface area contributed by atoms with Gasteiger partial charge >= 0.3 is 0 Å². The van der Waals surface area contributed by atoms with Gasteiger partial charge in [0.05, 0.1) is 12.2 Å². The highest BCUT2D eigenvalue weighted by Gasteiger charge is 2.16. The van der Waals surface area contributed by atoms with E-state index in [1.54, 1.807) is 6.92 Å². The smallest absolute Gasteiger partial charge is 0.300 e. The first kappa shape index (κ1) is 13.8. The Hall–Kier alpha value is -1.16. The second kappa shape index (κ2) is 8.17. The monoisotopic (exact) mass is 216 g/mol. The van der Waals surface area contributed by atoms with Crippen LogP contribution in [0.5, 0.6) is 0 Å². The number of hydrogen-bond acceptors (Lipinski definition) is 4. The first-order valence-corrected chi connectivity index (χ1v) is 4.50. The number of carbonyl (C=O) groups excluding carboxylic acids is 1. The number of nitrogens with one attached hydrogen (secondary N) is 1. The average molecular weight is 216 g/mol. The van der Waals surface area contributed by atoms with Crippen molar-refractivity contribution in [2.24, 2.45) is 0 Å². The quantitative estimate of drug-likeness (QED) is 0.440. The average Bonchev–Trinajstić information content (AvgIpc) is 2.22. The van der Waals surface area contributed by atoms with Gasteiger partial charge < -0.3 is 24.7 Å². The fourth-order valence-electron chi connectivity index (χ4n) is 0.799. The zero-order valence-corrected chi connectivity index (χ0v) is 8.90. The fraction of sp³-hybridized carbons (Fsp3) is 0.778. The highest BCUT2D eigenvalue weighted by atomic mass is 16.7. The SMILES string of the molecule is [C-]#[N+]CC(=O)NCC(O)C(C)OCOC. The minimum atomic E-state index is -0.810. The number of methoxy groups -OCH3 is 1. The van der Waals surface area contributed by atoms with E-state index in [2.05, 4.69) is 14.9 Å². The Morgan fingerprint density at radius 2 is 2.33 bits per heavy atom. The van der Waals surface area contributed by atoms with Gasteiger partial charge in [0.1, 0.15) is 6.79 Å². The highest BCUT2D eigenvalue weighted by Crippen LogP contribution is 1.97. The van der Waals surface area contributed by atoms with Crippen LogP contribution in [-0.2, 0) is 14.3 Å². The first-order valence-electron chi connectivity index (χ1n) is 4.50. The van der Waals surface area contributed by atoms with Crippen molar-refractivity contribution in [3.05, 3.63) is 11.4 Å². The Morgan fingerprint density at radius 3 is 2.87 bits per heavy atom. The lowest BCUT2D eigenvalue weighted by Crippen LogP contribution is -2.39. The Morgan fingerprint density at radius 1 is 1.67 bits per heavy atom. The van der Waals surface area contributed by atoms with Crippen LogP contribution in [0.25, 0.3) is 4.85 Å². The van der Waals surface area contributed by atoms with E-state index in [1.165, 1.54) is 7.11 Å². The Balaban J connectivity index is 3.68. The summed E-state index contributed by atoms with van der Waals surface area (Å²) in [6.45, 7) is 8.06. The van der Waals surface area contributed by atoms with Crippen molar-refractivity contribution in [2.45, 2.75) is 19.1 Å². The molecule has 0 rings (SSSR count). The zero-order chi connectivity index (χ0) is 11.7. The van der Waals surface area contributed by atoms with E-state index in [4.69, 9.17) is 11.3 Å². The third kappa shape index (κ3) is 6.85. The van der Waals surface area contributed by atoms with Crippen molar-refractivity contribution in [1.82, 2.24) is 5.32 Å². The lowest BCUT2D eigenvalue weighted by atomic mass is 10.2. The van der Waals surface area contributed by atoms with Gasteiger partial charge in [-0.15, -0.1) is 0 Å². The standard InChI is InChI=1S/C9H16N2O4/c1-7(15-6-14-3)8(12)4-11-9(13)5-10-2/h7-8,12H,4-6H2,1,3H3,(H,11,13). The summed E-state index contributed by atoms with van der Waals surface area (Å²) in [6, 6.07) is 0. The van der Waals surface area contributed by atoms with Gasteiger partial charge in [0.15, 0.2) is 0 Å². The summed E-state index contributed by atoms with van der Waals surface area (Å²) < 4.78 is 9.73. The van der Waals surface area contributed by atoms with Gasteiger partial charge in [0.2, 0.25) is 0 Å². The van der Waals surface area contributed by atoms with Crippen LogP contribution < -0.4 is 5.32 Å². The maximum absolute atomic E-state index is 10.9. The maximum atomic E-state index is 10.9. The van der Waals surface area contributed by atoms with Gasteiger partial charge in [0.25, 0.3) is 12.5 Å². The van der Waals surface area contributed by atoms with Gasteiger partial charge in [-0.2, -0.15) is 0 Å². The Kier molecular flexibility index (Phi) is 7.54. The van der Waals surface area contributed by atoms with Crippen molar-refractivity contribution in [2.75, 3.05) is 27.0 Å². The third-order valence-corrected chi connectivity index (χ3v) is 1.72. The third-order valence-electron chi connectivity index (χ3n) is 1.72. The predicted octanol–water partition coefficient (Wildman–Crippen LogP) is -0.608. The van der Waals surface area contributed by atoms with E-state index < -0.39 is 18.1 Å². The summed E-state index contributed by atoms with van der Waals surface area (Å²) in [5.74, 6) is -0.400. The molecule has 0 bridgehead atoms. The number of aliphatic hydroxyl groups is 1. The van der Waals surface area contributed by atoms with Crippen LogP contribution in [0.4, 0.5) is 0 Å². The summed E-state index contributed by atoms with van der Waals surface area (Å²) >= 11 is 0. The molecule has 0 aliphatic heterocycles. The highest BCUT2D eigenvalue weighted by molar-refractivity contribution is 5.79. The molecule has 0 spiro atoms. The van der Waals surface area contributed by atoms with Gasteiger partial charge in [-0.05, 0) is 6.92 Å². The zero-order valence-electron chi connectivity index (χ0n) is 8.90. The van der Waals surface area contributed by atoms with Gasteiger partial charge in [-0.3, -0.25) is 4.79 Å². The number of nitrogens with zero attached hydrogens (tertiary/aromatic N) is 1. The van der Waals surface area contributed by atoms with Crippen LogP contribution in [0.1, 0.15) is 6.92 Å². The molecule has 6 heteroatoms. The molecule has 0 heterocycles. The molecule has 0 fully saturated rings. The second-order valence-corrected chi connectivity index (χ2v) is 2.97. The molecule has 2 unspecified atom stereocenters. The lowest BCUT2D eigenvalue weighted by Gasteiger charge is -2.18. The van der Waals surface area contributed by atoms with Crippen molar-refractivity contribution in [3.8, 4) is 0 Å². The van der Waals surface area contributed by atoms with Crippen molar-refractivity contribution in [1.29, 1.82) is 0 Å². The molecule has 0 saturated heterocycles. The fourth-order valence-corrected chi connectivity index (χ4v) is 0.799. The number of carbonyl (C=O) groups is 1. The van der Waals surface area contributed by atoms with Gasteiger partial charge in [0, 0.05) is 13.7 Å². The van der Waals surface area contributed by atoms with Crippen LogP contribution in [0.15, 0.2) is 0 Å². The van der Waals surface area contributed by atoms with E-state index >= 15 is 0 Å². The Bertz CT molecular complexity index is 227. The second-order valence-electron chi connectivity index (χ2n) is 2.97. The summed E-state index contributed by atoms with van der Waals surface area (Å²) in [7, 11) is 1.48. The van der Waals surface area contributed by atoms with Crippen LogP contribution in [0, 0.1) is 6.57 Å². The number of aliphatic hydroxyl groups excluding tert-OH is 1. The molecule has 1 amide bonds. The molecular formula is C9H16N2O4. The summed E-state index contributed by atoms with van der Waals surface area (Å²) in [4.78, 5) is 13.8. The number of ether oxygens (including phenoxy) is 2. The van der Waals surface area contributed by atoms with Crippen LogP contribution in [0.2, 0.25) is 0 Å². The molecule has 2 atom stereocenters. The normalized spacial score (nSPS) is 14.0. The number of rotatable bonds is 7. The Labute approximate surface area is 89.0 Å². The van der Waals surface area contributed by atoms with Crippen LogP contribution >= 0.6 is 0 Å². The molecule has 0 aromatic carbocycles. The molecule has 0 radical (unpaired) electrons. The van der Waals surface area contributed by atoms with Gasteiger partial charge in [-0.1, -0.05) is 0 Å². The van der Waals surface area contributed by atoms with E-state index in [9.17, 15) is 9.90 Å². The van der Waals surface area contributed by atoms with E-state index in [0.29, 0.717) is 0 Å². The number of amides is 1. The minimum absolute atomic E-state index is 0.0687. The van der Waals surface area contributed by atoms with Gasteiger partial charge in [-0.25, -0.2) is 6.57 Å². The minimum Gasteiger partial charge on any atom is -0.389 e. The molecule has 86 valence electrons. The topological polar surface area (TPSA) is 72.2 Å². The molecule has 0 saturated carbocycles. The van der Waals surface area contributed by atoms with Crippen molar-refractivity contribution < 1.29 is 19.4 Å². The maximum Gasteiger partial charge on any atom is 0.300 e. The van der Waals surface area contributed by atoms with Crippen molar-refractivity contribution in [3.63, 3.8) is 0 Å². The molecule has 2 N–H and O–H groups in total. The molecule has 0 aliphatic rings. The number of hydrogen-bond donors (Lipinski definition) is 2. The molecule has 15 heavy (non-hydrogen) atoms. The molecule has 6 nitrogen and oxygen atoms in total. The lowest BCUT2D eigenvalue weighted by molar-refractivity contribution is -0.122. The molecule has 0 aliphatic carbocycles.